The quantitative estimate of drug-likeness (QED) is 0.168. The Morgan fingerprint density at radius 3 is 1.58 bits per heavy atom. The lowest BCUT2D eigenvalue weighted by Crippen LogP contribution is -2.31. The van der Waals surface area contributed by atoms with Crippen molar-refractivity contribution in [2.24, 2.45) is 0 Å². The molecule has 1 nitrogen and oxygen atoms in total. The predicted molar refractivity (Wildman–Crippen MR) is 210 cm³/mol. The number of rotatable bonds is 7. The smallest absolute Gasteiger partial charge is 0.0714 e. The van der Waals surface area contributed by atoms with Gasteiger partial charge in [0.2, 0.25) is 0 Å². The van der Waals surface area contributed by atoms with Crippen LogP contribution in [0.25, 0.3) is 27.8 Å². The maximum absolute atomic E-state index is 2.54. The Morgan fingerprint density at radius 1 is 0.440 bits per heavy atom. The second-order valence-electron chi connectivity index (χ2n) is 13.2. The summed E-state index contributed by atoms with van der Waals surface area (Å²) in [7, 11) is 0. The van der Waals surface area contributed by atoms with E-state index in [-0.39, 0.29) is 6.04 Å². The Hall–Kier alpha value is -6.18. The van der Waals surface area contributed by atoms with Gasteiger partial charge in [0.1, 0.15) is 0 Å². The molecule has 238 valence electrons. The summed E-state index contributed by atoms with van der Waals surface area (Å²) in [6, 6.07) is 68.9. The molecule has 2 aliphatic carbocycles. The molecular formula is C49H37N. The minimum atomic E-state index is -0.448. The second kappa shape index (κ2) is 12.7. The van der Waals surface area contributed by atoms with Crippen molar-refractivity contribution < 1.29 is 0 Å². The molecule has 0 aromatic heterocycles. The highest BCUT2D eigenvalue weighted by Crippen LogP contribution is 2.57. The van der Waals surface area contributed by atoms with Gasteiger partial charge in [0, 0.05) is 11.4 Å². The van der Waals surface area contributed by atoms with Gasteiger partial charge >= 0.3 is 0 Å². The molecule has 0 amide bonds. The SMILES string of the molecule is C1=CC(N(c2ccc(-c3ccccc3)cc2)c2ccc3c(c2)C(c2ccccc2)(c2ccccc2)c2ccccc2-3)CC=C1c1ccccc1. The first-order valence-corrected chi connectivity index (χ1v) is 17.5. The van der Waals surface area contributed by atoms with E-state index in [9.17, 15) is 0 Å². The van der Waals surface area contributed by atoms with Gasteiger partial charge in [-0.1, -0.05) is 182 Å². The van der Waals surface area contributed by atoms with E-state index in [1.807, 2.05) is 0 Å². The highest BCUT2D eigenvalue weighted by atomic mass is 15.2. The molecule has 0 heterocycles. The minimum Gasteiger partial charge on any atom is -0.334 e. The highest BCUT2D eigenvalue weighted by molar-refractivity contribution is 5.88. The van der Waals surface area contributed by atoms with E-state index in [0.29, 0.717) is 0 Å². The number of fused-ring (bicyclic) bond motifs is 3. The van der Waals surface area contributed by atoms with Gasteiger partial charge in [0.05, 0.1) is 11.5 Å². The Bertz CT molecular complexity index is 2280. The second-order valence-corrected chi connectivity index (χ2v) is 13.2. The van der Waals surface area contributed by atoms with Crippen LogP contribution in [0.5, 0.6) is 0 Å². The maximum Gasteiger partial charge on any atom is 0.0714 e. The number of nitrogens with zero attached hydrogens (tertiary/aromatic N) is 1. The summed E-state index contributed by atoms with van der Waals surface area (Å²) in [5.74, 6) is 0. The van der Waals surface area contributed by atoms with E-state index in [2.05, 4.69) is 211 Å². The molecule has 50 heavy (non-hydrogen) atoms. The molecule has 1 heteroatoms. The van der Waals surface area contributed by atoms with Gasteiger partial charge < -0.3 is 4.90 Å². The monoisotopic (exact) mass is 639 g/mol. The summed E-state index contributed by atoms with van der Waals surface area (Å²) in [5.41, 5.74) is 14.7. The Morgan fingerprint density at radius 2 is 0.960 bits per heavy atom. The Balaban J connectivity index is 1.22. The van der Waals surface area contributed by atoms with Crippen molar-refractivity contribution in [3.63, 3.8) is 0 Å². The maximum atomic E-state index is 2.54. The summed E-state index contributed by atoms with van der Waals surface area (Å²) >= 11 is 0. The van der Waals surface area contributed by atoms with Crippen molar-refractivity contribution >= 4 is 16.9 Å². The van der Waals surface area contributed by atoms with E-state index in [1.165, 1.54) is 67.0 Å². The molecule has 0 radical (unpaired) electrons. The third-order valence-electron chi connectivity index (χ3n) is 10.5. The Kier molecular flexibility index (Phi) is 7.59. The standard InChI is InChI=1S/C49H37N/c1-5-15-36(16-6-1)38-25-29-42(30-26-38)50(43-31-27-39(28-32-43)37-17-7-2-8-18-37)44-33-34-46-45-23-13-14-24-47(45)49(48(46)35-44,40-19-9-3-10-20-40)41-21-11-4-12-22-41/h1-31,33-35,43H,32H2. The van der Waals surface area contributed by atoms with Gasteiger partial charge in [-0.15, -0.1) is 0 Å². The molecule has 0 saturated carbocycles. The summed E-state index contributed by atoms with van der Waals surface area (Å²) in [6.45, 7) is 0. The van der Waals surface area contributed by atoms with Crippen LogP contribution in [0.15, 0.2) is 206 Å². The third-order valence-corrected chi connectivity index (χ3v) is 10.5. The van der Waals surface area contributed by atoms with Gasteiger partial charge in [0.25, 0.3) is 0 Å². The van der Waals surface area contributed by atoms with E-state index < -0.39 is 5.41 Å². The molecule has 2 aliphatic rings. The summed E-state index contributed by atoms with van der Waals surface area (Å²) < 4.78 is 0. The summed E-state index contributed by atoms with van der Waals surface area (Å²) in [4.78, 5) is 2.54. The van der Waals surface area contributed by atoms with Gasteiger partial charge in [-0.25, -0.2) is 0 Å². The van der Waals surface area contributed by atoms with Crippen LogP contribution in [0.3, 0.4) is 0 Å². The van der Waals surface area contributed by atoms with E-state index >= 15 is 0 Å². The van der Waals surface area contributed by atoms with Crippen molar-refractivity contribution in [1.29, 1.82) is 0 Å². The zero-order valence-electron chi connectivity index (χ0n) is 27.9. The average Bonchev–Trinajstić information content (AvgIpc) is 3.50. The molecule has 9 rings (SSSR count). The highest BCUT2D eigenvalue weighted by Gasteiger charge is 2.46. The molecule has 0 aliphatic heterocycles. The van der Waals surface area contributed by atoms with Crippen molar-refractivity contribution in [2.45, 2.75) is 17.9 Å². The average molecular weight is 640 g/mol. The fraction of sp³-hybridized carbons (Fsp3) is 0.0612. The van der Waals surface area contributed by atoms with Crippen molar-refractivity contribution in [1.82, 2.24) is 0 Å². The number of allylic oxidation sites excluding steroid dienone is 2. The number of hydrogen-bond acceptors (Lipinski definition) is 1. The van der Waals surface area contributed by atoms with Crippen molar-refractivity contribution in [3.8, 4) is 22.3 Å². The molecule has 0 fully saturated rings. The molecule has 1 unspecified atom stereocenters. The Labute approximate surface area is 295 Å². The van der Waals surface area contributed by atoms with Crippen LogP contribution in [-0.4, -0.2) is 6.04 Å². The fourth-order valence-electron chi connectivity index (χ4n) is 8.20. The fourth-order valence-corrected chi connectivity index (χ4v) is 8.20. The molecule has 0 N–H and O–H groups in total. The van der Waals surface area contributed by atoms with Crippen LogP contribution in [0.1, 0.15) is 34.2 Å². The molecule has 0 spiro atoms. The van der Waals surface area contributed by atoms with Crippen LogP contribution in [0.4, 0.5) is 11.4 Å². The van der Waals surface area contributed by atoms with E-state index in [0.717, 1.165) is 6.42 Å². The lowest BCUT2D eigenvalue weighted by molar-refractivity contribution is 0.761. The topological polar surface area (TPSA) is 3.24 Å². The van der Waals surface area contributed by atoms with Crippen LogP contribution < -0.4 is 4.90 Å². The van der Waals surface area contributed by atoms with Gasteiger partial charge in [0.15, 0.2) is 0 Å². The molecule has 0 bridgehead atoms. The van der Waals surface area contributed by atoms with Gasteiger partial charge in [-0.05, 0) is 86.3 Å². The summed E-state index contributed by atoms with van der Waals surface area (Å²) in [6.07, 6.45) is 7.99. The molecule has 0 saturated heterocycles. The first-order valence-electron chi connectivity index (χ1n) is 17.5. The van der Waals surface area contributed by atoms with Gasteiger partial charge in [-0.3, -0.25) is 0 Å². The minimum absolute atomic E-state index is 0.148. The largest absolute Gasteiger partial charge is 0.334 e. The predicted octanol–water partition coefficient (Wildman–Crippen LogP) is 12.3. The number of hydrogen-bond donors (Lipinski definition) is 0. The first-order chi connectivity index (χ1) is 24.8. The molecule has 1 atom stereocenters. The van der Waals surface area contributed by atoms with Crippen LogP contribution >= 0.6 is 0 Å². The first kappa shape index (κ1) is 29.9. The zero-order valence-corrected chi connectivity index (χ0v) is 27.9. The van der Waals surface area contributed by atoms with Crippen LogP contribution in [0, 0.1) is 0 Å². The molecular weight excluding hydrogens is 603 g/mol. The van der Waals surface area contributed by atoms with Crippen molar-refractivity contribution in [3.05, 3.63) is 234 Å². The van der Waals surface area contributed by atoms with Gasteiger partial charge in [-0.2, -0.15) is 0 Å². The zero-order chi connectivity index (χ0) is 33.3. The van der Waals surface area contributed by atoms with Crippen LogP contribution in [0.2, 0.25) is 0 Å². The lowest BCUT2D eigenvalue weighted by atomic mass is 9.67. The van der Waals surface area contributed by atoms with Crippen LogP contribution in [-0.2, 0) is 5.41 Å². The van der Waals surface area contributed by atoms with E-state index in [4.69, 9.17) is 0 Å². The number of anilines is 2. The number of benzene rings is 7. The van der Waals surface area contributed by atoms with Crippen molar-refractivity contribution in [2.75, 3.05) is 4.90 Å². The molecule has 7 aromatic rings. The summed E-state index contributed by atoms with van der Waals surface area (Å²) in [5, 5.41) is 0. The van der Waals surface area contributed by atoms with E-state index in [1.54, 1.807) is 0 Å². The normalized spacial score (nSPS) is 15.5. The lowest BCUT2D eigenvalue weighted by Gasteiger charge is -2.36. The molecule has 7 aromatic carbocycles. The third kappa shape index (κ3) is 5.02.